The summed E-state index contributed by atoms with van der Waals surface area (Å²) in [5.41, 5.74) is 1.49. The number of benzene rings is 1. The summed E-state index contributed by atoms with van der Waals surface area (Å²) in [7, 11) is 0. The van der Waals surface area contributed by atoms with Crippen LogP contribution in [0.1, 0.15) is 49.5 Å². The molecule has 0 N–H and O–H groups in total. The molecule has 0 radical (unpaired) electrons. The molecule has 0 saturated carbocycles. The fourth-order valence-corrected chi connectivity index (χ4v) is 4.65. The number of ketones is 1. The summed E-state index contributed by atoms with van der Waals surface area (Å²) in [4.78, 5) is 40.6. The van der Waals surface area contributed by atoms with Crippen molar-refractivity contribution in [1.82, 2.24) is 4.90 Å². The number of ether oxygens (including phenoxy) is 1. The first-order valence-corrected chi connectivity index (χ1v) is 10.1. The van der Waals surface area contributed by atoms with E-state index in [2.05, 4.69) is 4.90 Å². The summed E-state index contributed by atoms with van der Waals surface area (Å²) in [5.74, 6) is -2.00. The Morgan fingerprint density at radius 2 is 1.86 bits per heavy atom. The molecule has 3 aliphatic rings. The number of carbonyl (C=O) groups is 3. The Bertz CT molecular complexity index is 929. The molecule has 0 aliphatic carbocycles. The van der Waals surface area contributed by atoms with Crippen LogP contribution in [0.5, 0.6) is 0 Å². The molecule has 1 fully saturated rings. The monoisotopic (exact) mass is 400 g/mol. The van der Waals surface area contributed by atoms with E-state index in [0.29, 0.717) is 24.4 Å². The third-order valence-electron chi connectivity index (χ3n) is 5.99. The maximum absolute atomic E-state index is 14.2. The lowest BCUT2D eigenvalue weighted by molar-refractivity contribution is -0.149. The van der Waals surface area contributed by atoms with E-state index in [9.17, 15) is 18.8 Å². The van der Waals surface area contributed by atoms with Gasteiger partial charge in [-0.05, 0) is 64.4 Å². The van der Waals surface area contributed by atoms with E-state index >= 15 is 0 Å². The molecule has 3 heterocycles. The van der Waals surface area contributed by atoms with Crippen LogP contribution in [0.25, 0.3) is 5.57 Å². The highest BCUT2D eigenvalue weighted by molar-refractivity contribution is 6.53. The first kappa shape index (κ1) is 19.8. The van der Waals surface area contributed by atoms with Gasteiger partial charge in [0.05, 0.1) is 29.3 Å². The minimum Gasteiger partial charge on any atom is -0.466 e. The van der Waals surface area contributed by atoms with Crippen LogP contribution in [0.15, 0.2) is 18.2 Å². The molecule has 0 atom stereocenters. The molecule has 1 aromatic rings. The maximum atomic E-state index is 14.2. The molecular weight excluding hydrogens is 375 g/mol. The Morgan fingerprint density at radius 3 is 2.52 bits per heavy atom. The number of carbonyl (C=O) groups excluding carboxylic acids is 3. The van der Waals surface area contributed by atoms with Crippen molar-refractivity contribution in [2.75, 3.05) is 31.1 Å². The molecule has 3 aliphatic heterocycles. The van der Waals surface area contributed by atoms with Gasteiger partial charge in [0, 0.05) is 12.1 Å². The van der Waals surface area contributed by atoms with Gasteiger partial charge in [0.15, 0.2) is 0 Å². The number of amides is 1. The second-order valence-electron chi connectivity index (χ2n) is 8.44. The third-order valence-corrected chi connectivity index (χ3v) is 5.99. The van der Waals surface area contributed by atoms with Crippen LogP contribution in [0, 0.1) is 11.7 Å². The van der Waals surface area contributed by atoms with Gasteiger partial charge in [-0.2, -0.15) is 0 Å². The van der Waals surface area contributed by atoms with Gasteiger partial charge >= 0.3 is 5.97 Å². The van der Waals surface area contributed by atoms with Crippen molar-refractivity contribution in [2.45, 2.75) is 39.2 Å². The number of halogens is 1. The van der Waals surface area contributed by atoms with Crippen LogP contribution in [-0.2, 0) is 14.3 Å². The number of likely N-dealkylation sites (tertiary alicyclic amines) is 1. The average molecular weight is 400 g/mol. The summed E-state index contributed by atoms with van der Waals surface area (Å²) in [6, 6.07) is 2.56. The fourth-order valence-electron chi connectivity index (χ4n) is 4.65. The van der Waals surface area contributed by atoms with Crippen molar-refractivity contribution in [3.63, 3.8) is 0 Å². The molecular formula is C22H25FN2O4. The second-order valence-corrected chi connectivity index (χ2v) is 8.44. The second kappa shape index (κ2) is 7.06. The van der Waals surface area contributed by atoms with Crippen molar-refractivity contribution < 1.29 is 23.5 Å². The van der Waals surface area contributed by atoms with E-state index in [-0.39, 0.29) is 17.5 Å². The molecule has 0 aromatic heterocycles. The zero-order chi connectivity index (χ0) is 20.9. The molecule has 29 heavy (non-hydrogen) atoms. The predicted molar refractivity (Wildman–Crippen MR) is 106 cm³/mol. The smallest absolute Gasteiger partial charge is 0.309 e. The van der Waals surface area contributed by atoms with Crippen molar-refractivity contribution in [2.24, 2.45) is 5.92 Å². The largest absolute Gasteiger partial charge is 0.466 e. The van der Waals surface area contributed by atoms with Gasteiger partial charge in [-0.15, -0.1) is 0 Å². The number of rotatable bonds is 4. The standard InChI is InChI=1S/C22H25FN2O4/c1-4-29-21(28)13-5-7-24(8-6-13)12-14-11-22(2,3)25-18-16(14)9-15(23)10-17(18)19(26)20(25)27/h9-11,13H,4-8,12H2,1-3H3. The van der Waals surface area contributed by atoms with Gasteiger partial charge < -0.3 is 4.74 Å². The Balaban J connectivity index is 1.60. The zero-order valence-electron chi connectivity index (χ0n) is 17.0. The summed E-state index contributed by atoms with van der Waals surface area (Å²) >= 11 is 0. The first-order valence-electron chi connectivity index (χ1n) is 10.1. The van der Waals surface area contributed by atoms with Crippen molar-refractivity contribution in [1.29, 1.82) is 0 Å². The van der Waals surface area contributed by atoms with E-state index < -0.39 is 23.0 Å². The quantitative estimate of drug-likeness (QED) is 0.574. The molecule has 1 aromatic carbocycles. The highest BCUT2D eigenvalue weighted by Gasteiger charge is 2.47. The van der Waals surface area contributed by atoms with Crippen LogP contribution >= 0.6 is 0 Å². The molecule has 1 saturated heterocycles. The highest BCUT2D eigenvalue weighted by atomic mass is 19.1. The molecule has 6 nitrogen and oxygen atoms in total. The SMILES string of the molecule is CCOC(=O)C1CCN(CC2=CC(C)(C)N3C(=O)C(=O)c4cc(F)cc2c43)CC1. The van der Waals surface area contributed by atoms with Crippen LogP contribution in [-0.4, -0.2) is 54.3 Å². The summed E-state index contributed by atoms with van der Waals surface area (Å²) < 4.78 is 19.4. The molecule has 0 unspecified atom stereocenters. The van der Waals surface area contributed by atoms with Crippen LogP contribution in [0.3, 0.4) is 0 Å². The number of hydrogen-bond acceptors (Lipinski definition) is 5. The third kappa shape index (κ3) is 3.27. The Kier molecular flexibility index (Phi) is 4.81. The fraction of sp³-hybridized carbons (Fsp3) is 0.500. The van der Waals surface area contributed by atoms with E-state index in [1.807, 2.05) is 19.9 Å². The summed E-state index contributed by atoms with van der Waals surface area (Å²) in [5, 5.41) is 0. The summed E-state index contributed by atoms with van der Waals surface area (Å²) in [6.45, 7) is 8.01. The predicted octanol–water partition coefficient (Wildman–Crippen LogP) is 2.81. The van der Waals surface area contributed by atoms with Crippen molar-refractivity contribution in [3.05, 3.63) is 35.2 Å². The molecule has 7 heteroatoms. The van der Waals surface area contributed by atoms with Crippen LogP contribution in [0.2, 0.25) is 0 Å². The van der Waals surface area contributed by atoms with E-state index in [1.165, 1.54) is 11.0 Å². The van der Waals surface area contributed by atoms with E-state index in [0.717, 1.165) is 37.6 Å². The number of hydrogen-bond donors (Lipinski definition) is 0. The Hall–Kier alpha value is -2.54. The number of nitrogens with zero attached hydrogens (tertiary/aromatic N) is 2. The lowest BCUT2D eigenvalue weighted by Crippen LogP contribution is -2.48. The number of anilines is 1. The molecule has 154 valence electrons. The van der Waals surface area contributed by atoms with Crippen molar-refractivity contribution in [3.8, 4) is 0 Å². The molecule has 4 rings (SSSR count). The number of Topliss-reactive ketones (excluding diaryl/α,β-unsaturated/α-hetero) is 1. The molecule has 0 spiro atoms. The van der Waals surface area contributed by atoms with E-state index in [1.54, 1.807) is 6.92 Å². The van der Waals surface area contributed by atoms with Gasteiger partial charge in [0.1, 0.15) is 5.82 Å². The first-order chi connectivity index (χ1) is 13.7. The van der Waals surface area contributed by atoms with Crippen LogP contribution in [0.4, 0.5) is 10.1 Å². The minimum absolute atomic E-state index is 0.0767. The van der Waals surface area contributed by atoms with E-state index in [4.69, 9.17) is 4.74 Å². The Labute approximate surface area is 169 Å². The van der Waals surface area contributed by atoms with Crippen molar-refractivity contribution >= 4 is 28.9 Å². The number of piperidine rings is 1. The lowest BCUT2D eigenvalue weighted by Gasteiger charge is -2.40. The average Bonchev–Trinajstić information content (AvgIpc) is 2.92. The van der Waals surface area contributed by atoms with Gasteiger partial charge in [0.2, 0.25) is 0 Å². The molecule has 0 bridgehead atoms. The topological polar surface area (TPSA) is 66.9 Å². The highest BCUT2D eigenvalue weighted by Crippen LogP contribution is 2.46. The van der Waals surface area contributed by atoms with Gasteiger partial charge in [-0.3, -0.25) is 24.2 Å². The molecule has 1 amide bonds. The van der Waals surface area contributed by atoms with Gasteiger partial charge in [0.25, 0.3) is 11.7 Å². The number of esters is 1. The normalized spacial score (nSPS) is 21.2. The Morgan fingerprint density at radius 1 is 1.21 bits per heavy atom. The van der Waals surface area contributed by atoms with Gasteiger partial charge in [-0.25, -0.2) is 4.39 Å². The maximum Gasteiger partial charge on any atom is 0.309 e. The lowest BCUT2D eigenvalue weighted by atomic mass is 9.87. The summed E-state index contributed by atoms with van der Waals surface area (Å²) in [6.07, 6.45) is 3.40. The van der Waals surface area contributed by atoms with Gasteiger partial charge in [-0.1, -0.05) is 6.08 Å². The van der Waals surface area contributed by atoms with Crippen LogP contribution < -0.4 is 4.90 Å². The minimum atomic E-state index is -0.679. The zero-order valence-corrected chi connectivity index (χ0v) is 17.0.